The van der Waals surface area contributed by atoms with E-state index in [1.54, 1.807) is 0 Å². The van der Waals surface area contributed by atoms with Gasteiger partial charge in [-0.15, -0.1) is 0 Å². The molecule has 0 atom stereocenters. The number of pyridine rings is 1. The van der Waals surface area contributed by atoms with Gasteiger partial charge in [-0.1, -0.05) is 18.2 Å². The Labute approximate surface area is 134 Å². The lowest BCUT2D eigenvalue weighted by Crippen LogP contribution is -2.13. The summed E-state index contributed by atoms with van der Waals surface area (Å²) in [5.74, 6) is 1.50. The number of nitrogens with one attached hydrogen (secondary N) is 1. The van der Waals surface area contributed by atoms with Crippen LogP contribution in [0.4, 0.5) is 11.5 Å². The van der Waals surface area contributed by atoms with Gasteiger partial charge in [-0.2, -0.15) is 4.98 Å². The molecule has 6 nitrogen and oxygen atoms in total. The molecule has 0 spiro atoms. The molecule has 3 rings (SSSR count). The highest BCUT2D eigenvalue weighted by atomic mass is 16.5. The number of fused-ring (bicyclic) bond motifs is 1. The average molecular weight is 309 g/mol. The Hall–Kier alpha value is -2.89. The van der Waals surface area contributed by atoms with Crippen molar-refractivity contribution in [3.05, 3.63) is 42.4 Å². The van der Waals surface area contributed by atoms with Crippen LogP contribution in [0.1, 0.15) is 19.5 Å². The van der Waals surface area contributed by atoms with Gasteiger partial charge in [-0.25, -0.2) is 9.97 Å². The van der Waals surface area contributed by atoms with Gasteiger partial charge in [0.05, 0.1) is 0 Å². The number of benzene rings is 1. The molecule has 0 fully saturated rings. The summed E-state index contributed by atoms with van der Waals surface area (Å²) in [7, 11) is 0. The zero-order valence-corrected chi connectivity index (χ0v) is 13.4. The normalized spacial score (nSPS) is 11.0. The molecule has 0 aliphatic carbocycles. The Morgan fingerprint density at radius 2 is 1.96 bits per heavy atom. The van der Waals surface area contributed by atoms with Crippen molar-refractivity contribution in [2.45, 2.75) is 26.8 Å². The maximum atomic E-state index is 6.12. The topological polar surface area (TPSA) is 86.0 Å². The molecule has 0 saturated heterocycles. The summed E-state index contributed by atoms with van der Waals surface area (Å²) in [6.45, 7) is 5.97. The van der Waals surface area contributed by atoms with E-state index in [4.69, 9.17) is 10.5 Å². The largest absolute Gasteiger partial charge is 0.435 e. The van der Waals surface area contributed by atoms with Crippen molar-refractivity contribution in [2.75, 3.05) is 11.1 Å². The fraction of sp³-hybridized carbons (Fsp3) is 0.235. The molecule has 0 saturated carbocycles. The molecule has 0 bridgehead atoms. The molecular weight excluding hydrogens is 290 g/mol. The lowest BCUT2D eigenvalue weighted by molar-refractivity contribution is 0.468. The van der Waals surface area contributed by atoms with Gasteiger partial charge in [-0.05, 0) is 32.9 Å². The number of ether oxygens (including phenoxy) is 1. The van der Waals surface area contributed by atoms with Gasteiger partial charge in [0.1, 0.15) is 17.5 Å². The third-order valence-electron chi connectivity index (χ3n) is 3.30. The van der Waals surface area contributed by atoms with Crippen LogP contribution in [0.25, 0.3) is 10.9 Å². The second kappa shape index (κ2) is 6.08. The maximum Gasteiger partial charge on any atom is 0.248 e. The Balaban J connectivity index is 2.01. The van der Waals surface area contributed by atoms with Crippen LogP contribution < -0.4 is 15.8 Å². The van der Waals surface area contributed by atoms with Gasteiger partial charge >= 0.3 is 0 Å². The summed E-state index contributed by atoms with van der Waals surface area (Å²) in [6, 6.07) is 9.95. The molecule has 0 aliphatic rings. The number of para-hydroxylation sites is 1. The van der Waals surface area contributed by atoms with Crippen molar-refractivity contribution in [1.82, 2.24) is 15.0 Å². The Morgan fingerprint density at radius 1 is 1.13 bits per heavy atom. The van der Waals surface area contributed by atoms with Crippen molar-refractivity contribution in [3.63, 3.8) is 0 Å². The van der Waals surface area contributed by atoms with Crippen LogP contribution in [0.3, 0.4) is 0 Å². The van der Waals surface area contributed by atoms with Crippen LogP contribution in [0.2, 0.25) is 0 Å². The second-order valence-electron chi connectivity index (χ2n) is 5.62. The third-order valence-corrected chi connectivity index (χ3v) is 3.30. The highest BCUT2D eigenvalue weighted by Crippen LogP contribution is 2.32. The highest BCUT2D eigenvalue weighted by Gasteiger charge is 2.13. The first-order chi connectivity index (χ1) is 11.0. The van der Waals surface area contributed by atoms with Gasteiger partial charge < -0.3 is 15.8 Å². The molecule has 0 aliphatic heterocycles. The molecule has 118 valence electrons. The molecule has 2 aromatic heterocycles. The predicted molar refractivity (Wildman–Crippen MR) is 91.8 cm³/mol. The minimum absolute atomic E-state index is 0.210. The van der Waals surface area contributed by atoms with E-state index in [9.17, 15) is 0 Å². The van der Waals surface area contributed by atoms with E-state index in [1.165, 1.54) is 6.33 Å². The number of hydrogen-bond acceptors (Lipinski definition) is 6. The van der Waals surface area contributed by atoms with Crippen molar-refractivity contribution in [1.29, 1.82) is 0 Å². The first-order valence-corrected chi connectivity index (χ1v) is 7.46. The van der Waals surface area contributed by atoms with E-state index in [0.29, 0.717) is 23.1 Å². The van der Waals surface area contributed by atoms with Crippen molar-refractivity contribution < 1.29 is 4.74 Å². The summed E-state index contributed by atoms with van der Waals surface area (Å²) < 4.78 is 5.92. The third kappa shape index (κ3) is 3.15. The fourth-order valence-corrected chi connectivity index (χ4v) is 2.25. The zero-order chi connectivity index (χ0) is 16.4. The molecule has 23 heavy (non-hydrogen) atoms. The zero-order valence-electron chi connectivity index (χ0n) is 13.4. The highest BCUT2D eigenvalue weighted by molar-refractivity contribution is 5.85. The molecular formula is C17H19N5O. The first kappa shape index (κ1) is 15.0. The lowest BCUT2D eigenvalue weighted by Gasteiger charge is -2.14. The maximum absolute atomic E-state index is 6.12. The van der Waals surface area contributed by atoms with Crippen molar-refractivity contribution >= 4 is 22.4 Å². The summed E-state index contributed by atoms with van der Waals surface area (Å²) in [5, 5.41) is 4.17. The standard InChI is InChI=1S/C17H19N5O/c1-10(2)21-16-14(18)17(20-9-19-16)23-13-6-4-5-12-8-7-11(3)22-15(12)13/h4-10H,18H2,1-3H3,(H,19,20,21). The van der Waals surface area contributed by atoms with E-state index < -0.39 is 0 Å². The average Bonchev–Trinajstić information content (AvgIpc) is 2.51. The lowest BCUT2D eigenvalue weighted by atomic mass is 10.2. The van der Waals surface area contributed by atoms with E-state index >= 15 is 0 Å². The summed E-state index contributed by atoms with van der Waals surface area (Å²) in [5.41, 5.74) is 8.20. The van der Waals surface area contributed by atoms with Crippen molar-refractivity contribution in [2.24, 2.45) is 0 Å². The van der Waals surface area contributed by atoms with Crippen LogP contribution in [0.15, 0.2) is 36.7 Å². The number of nitrogens with zero attached hydrogens (tertiary/aromatic N) is 3. The van der Waals surface area contributed by atoms with Gasteiger partial charge in [0.25, 0.3) is 0 Å². The van der Waals surface area contributed by atoms with E-state index in [0.717, 1.165) is 16.6 Å². The monoisotopic (exact) mass is 309 g/mol. The SMILES string of the molecule is Cc1ccc2cccc(Oc3ncnc(NC(C)C)c3N)c2n1. The Morgan fingerprint density at radius 3 is 2.74 bits per heavy atom. The van der Waals surface area contributed by atoms with Crippen molar-refractivity contribution in [3.8, 4) is 11.6 Å². The Bertz CT molecular complexity index is 848. The number of aryl methyl sites for hydroxylation is 1. The smallest absolute Gasteiger partial charge is 0.248 e. The van der Waals surface area contributed by atoms with Crippen LogP contribution in [-0.2, 0) is 0 Å². The fourth-order valence-electron chi connectivity index (χ4n) is 2.25. The number of aromatic nitrogens is 3. The van der Waals surface area contributed by atoms with Gasteiger partial charge in [0.15, 0.2) is 11.6 Å². The van der Waals surface area contributed by atoms with Gasteiger partial charge in [-0.3, -0.25) is 0 Å². The predicted octanol–water partition coefficient (Wildman–Crippen LogP) is 3.53. The number of nitrogen functional groups attached to an aromatic ring is 1. The van der Waals surface area contributed by atoms with E-state index in [-0.39, 0.29) is 6.04 Å². The molecule has 0 unspecified atom stereocenters. The molecule has 3 N–H and O–H groups in total. The van der Waals surface area contributed by atoms with Crippen LogP contribution in [0.5, 0.6) is 11.6 Å². The van der Waals surface area contributed by atoms with Gasteiger partial charge in [0.2, 0.25) is 5.88 Å². The summed E-state index contributed by atoms with van der Waals surface area (Å²) >= 11 is 0. The van der Waals surface area contributed by atoms with Crippen LogP contribution in [-0.4, -0.2) is 21.0 Å². The summed E-state index contributed by atoms with van der Waals surface area (Å²) in [4.78, 5) is 12.8. The number of hydrogen-bond donors (Lipinski definition) is 2. The molecule has 3 aromatic rings. The Kier molecular flexibility index (Phi) is 3.97. The van der Waals surface area contributed by atoms with Gasteiger partial charge in [0, 0.05) is 17.1 Å². The first-order valence-electron chi connectivity index (χ1n) is 7.46. The molecule has 2 heterocycles. The second-order valence-corrected chi connectivity index (χ2v) is 5.62. The molecule has 0 amide bonds. The quantitative estimate of drug-likeness (QED) is 0.767. The molecule has 0 radical (unpaired) electrons. The number of nitrogens with two attached hydrogens (primary N) is 1. The van der Waals surface area contributed by atoms with Crippen LogP contribution >= 0.6 is 0 Å². The molecule has 1 aromatic carbocycles. The number of rotatable bonds is 4. The van der Waals surface area contributed by atoms with Crippen LogP contribution in [0, 0.1) is 6.92 Å². The van der Waals surface area contributed by atoms with E-state index in [1.807, 2.05) is 51.1 Å². The summed E-state index contributed by atoms with van der Waals surface area (Å²) in [6.07, 6.45) is 1.43. The molecule has 6 heteroatoms. The van der Waals surface area contributed by atoms with E-state index in [2.05, 4.69) is 20.3 Å². The number of anilines is 2. The minimum Gasteiger partial charge on any atom is -0.435 e. The minimum atomic E-state index is 0.210.